The van der Waals surface area contributed by atoms with Gasteiger partial charge in [-0.05, 0) is 38.2 Å². The van der Waals surface area contributed by atoms with E-state index in [4.69, 9.17) is 0 Å². The van der Waals surface area contributed by atoms with Gasteiger partial charge in [-0.3, -0.25) is 19.0 Å². The minimum absolute atomic E-state index is 0.0109. The number of amides is 2. The van der Waals surface area contributed by atoms with E-state index in [0.717, 1.165) is 44.1 Å². The fraction of sp³-hybridized carbons (Fsp3) is 0.667. The molecule has 0 spiro atoms. The zero-order chi connectivity index (χ0) is 22.8. The highest BCUT2D eigenvalue weighted by Gasteiger charge is 2.60. The molecule has 0 N–H and O–H groups in total. The molecule has 5 rings (SSSR count). The Morgan fingerprint density at radius 2 is 1.97 bits per heavy atom. The minimum atomic E-state index is -0.0720. The van der Waals surface area contributed by atoms with E-state index in [0.29, 0.717) is 28.2 Å². The zero-order valence-corrected chi connectivity index (χ0v) is 20.2. The average Bonchev–Trinajstić information content (AvgIpc) is 3.14. The molecular formula is C24H32N4O3S. The van der Waals surface area contributed by atoms with Crippen molar-refractivity contribution in [3.63, 3.8) is 0 Å². The van der Waals surface area contributed by atoms with Crippen LogP contribution < -0.4 is 5.56 Å². The highest BCUT2D eigenvalue weighted by molar-refractivity contribution is 7.20. The molecule has 7 nitrogen and oxygen atoms in total. The molecule has 2 aromatic heterocycles. The average molecular weight is 457 g/mol. The molecule has 1 aliphatic carbocycles. The van der Waals surface area contributed by atoms with Gasteiger partial charge in [0.2, 0.25) is 5.91 Å². The maximum atomic E-state index is 14.0. The van der Waals surface area contributed by atoms with Crippen LogP contribution in [0.15, 0.2) is 11.1 Å². The summed E-state index contributed by atoms with van der Waals surface area (Å²) < 4.78 is 1.64. The molecule has 32 heavy (non-hydrogen) atoms. The number of carbonyl (C=O) groups excluding carboxylic acids is 2. The van der Waals surface area contributed by atoms with Crippen LogP contribution in [-0.2, 0) is 11.3 Å². The van der Waals surface area contributed by atoms with Crippen molar-refractivity contribution in [1.82, 2.24) is 19.4 Å². The van der Waals surface area contributed by atoms with Gasteiger partial charge in [-0.2, -0.15) is 0 Å². The van der Waals surface area contributed by atoms with Gasteiger partial charge in [0.15, 0.2) is 0 Å². The quantitative estimate of drug-likeness (QED) is 0.708. The molecule has 2 bridgehead atoms. The Morgan fingerprint density at radius 1 is 1.25 bits per heavy atom. The highest BCUT2D eigenvalue weighted by atomic mass is 32.1. The number of likely N-dealkylation sites (tertiary alicyclic amines) is 2. The lowest BCUT2D eigenvalue weighted by Gasteiger charge is -2.46. The SMILES string of the molecule is CCCn1cnc2sc(C(=O)N3[C@@H]4CN(C(C)=O)[C@@H]5CCCC[C@H]3[C@]5(C)C4)c(C)c2c1=O. The Kier molecular flexibility index (Phi) is 5.19. The molecule has 4 heterocycles. The zero-order valence-electron chi connectivity index (χ0n) is 19.4. The number of fused-ring (bicyclic) bond motifs is 2. The molecule has 0 radical (unpaired) electrons. The molecule has 0 aromatic carbocycles. The van der Waals surface area contributed by atoms with E-state index in [9.17, 15) is 14.4 Å². The number of thiophene rings is 1. The summed E-state index contributed by atoms with van der Waals surface area (Å²) in [4.78, 5) is 49.4. The molecule has 2 aromatic rings. The van der Waals surface area contributed by atoms with Crippen molar-refractivity contribution in [1.29, 1.82) is 0 Å². The Bertz CT molecular complexity index is 1150. The van der Waals surface area contributed by atoms with Crippen molar-refractivity contribution < 1.29 is 9.59 Å². The Hall–Kier alpha value is -2.22. The van der Waals surface area contributed by atoms with E-state index < -0.39 is 0 Å². The van der Waals surface area contributed by atoms with Crippen LogP contribution in [0.3, 0.4) is 0 Å². The largest absolute Gasteiger partial charge is 0.337 e. The molecule has 2 amide bonds. The summed E-state index contributed by atoms with van der Waals surface area (Å²) in [7, 11) is 0. The molecule has 2 saturated heterocycles. The van der Waals surface area contributed by atoms with E-state index in [2.05, 4.69) is 16.8 Å². The van der Waals surface area contributed by atoms with Gasteiger partial charge >= 0.3 is 0 Å². The lowest BCUT2D eigenvalue weighted by atomic mass is 9.71. The first-order valence-corrected chi connectivity index (χ1v) is 12.7. The van der Waals surface area contributed by atoms with E-state index in [-0.39, 0.29) is 40.9 Å². The number of piperidine rings is 1. The number of carbonyl (C=O) groups is 2. The number of aryl methyl sites for hydroxylation is 2. The summed E-state index contributed by atoms with van der Waals surface area (Å²) in [6.45, 7) is 9.09. The van der Waals surface area contributed by atoms with Gasteiger partial charge < -0.3 is 9.80 Å². The molecule has 1 saturated carbocycles. The van der Waals surface area contributed by atoms with Crippen molar-refractivity contribution in [3.8, 4) is 0 Å². The van der Waals surface area contributed by atoms with Crippen LogP contribution >= 0.6 is 11.3 Å². The monoisotopic (exact) mass is 456 g/mol. The number of hydrogen-bond acceptors (Lipinski definition) is 5. The van der Waals surface area contributed by atoms with Gasteiger partial charge in [0.05, 0.1) is 22.6 Å². The van der Waals surface area contributed by atoms with Gasteiger partial charge in [-0.15, -0.1) is 11.3 Å². The highest BCUT2D eigenvalue weighted by Crippen LogP contribution is 2.54. The molecule has 3 fully saturated rings. The van der Waals surface area contributed by atoms with E-state index in [1.165, 1.54) is 11.3 Å². The van der Waals surface area contributed by atoms with Crippen LogP contribution in [0.4, 0.5) is 0 Å². The number of aromatic nitrogens is 2. The molecule has 8 heteroatoms. The van der Waals surface area contributed by atoms with Crippen molar-refractivity contribution in [2.24, 2.45) is 5.41 Å². The summed E-state index contributed by atoms with van der Waals surface area (Å²) in [6.07, 6.45) is 7.57. The van der Waals surface area contributed by atoms with Crippen LogP contribution in [0.2, 0.25) is 0 Å². The summed E-state index contributed by atoms with van der Waals surface area (Å²) in [5.74, 6) is 0.122. The minimum Gasteiger partial charge on any atom is -0.337 e. The smallest absolute Gasteiger partial charge is 0.264 e. The normalized spacial score (nSPS) is 29.4. The topological polar surface area (TPSA) is 75.5 Å². The van der Waals surface area contributed by atoms with Crippen LogP contribution in [0.1, 0.15) is 74.5 Å². The Morgan fingerprint density at radius 3 is 2.66 bits per heavy atom. The summed E-state index contributed by atoms with van der Waals surface area (Å²) in [5, 5.41) is 0.576. The number of hydrogen-bond donors (Lipinski definition) is 0. The third kappa shape index (κ3) is 2.98. The summed E-state index contributed by atoms with van der Waals surface area (Å²) in [5.41, 5.74) is 0.615. The van der Waals surface area contributed by atoms with E-state index >= 15 is 0 Å². The molecule has 4 atom stereocenters. The van der Waals surface area contributed by atoms with Gasteiger partial charge in [0.1, 0.15) is 4.83 Å². The fourth-order valence-corrected chi connectivity index (χ4v) is 7.78. The molecule has 2 aliphatic heterocycles. The van der Waals surface area contributed by atoms with Gasteiger partial charge in [-0.25, -0.2) is 4.98 Å². The lowest BCUT2D eigenvalue weighted by molar-refractivity contribution is -0.136. The number of rotatable bonds is 3. The predicted octanol–water partition coefficient (Wildman–Crippen LogP) is 3.57. The first-order valence-electron chi connectivity index (χ1n) is 11.9. The van der Waals surface area contributed by atoms with Crippen molar-refractivity contribution >= 4 is 33.4 Å². The third-order valence-electron chi connectivity index (χ3n) is 8.13. The maximum absolute atomic E-state index is 14.0. The molecule has 0 unspecified atom stereocenters. The van der Waals surface area contributed by atoms with Crippen LogP contribution in [0.25, 0.3) is 10.2 Å². The molecular weight excluding hydrogens is 424 g/mol. The predicted molar refractivity (Wildman–Crippen MR) is 125 cm³/mol. The summed E-state index contributed by atoms with van der Waals surface area (Å²) >= 11 is 1.34. The Labute approximate surface area is 192 Å². The Balaban J connectivity index is 1.58. The van der Waals surface area contributed by atoms with E-state index in [1.807, 2.05) is 18.7 Å². The van der Waals surface area contributed by atoms with Crippen molar-refractivity contribution in [2.45, 2.75) is 90.9 Å². The lowest BCUT2D eigenvalue weighted by Crippen LogP contribution is -2.55. The van der Waals surface area contributed by atoms with Gasteiger partial charge in [0.25, 0.3) is 11.5 Å². The molecule has 3 aliphatic rings. The second-order valence-electron chi connectivity index (χ2n) is 10.0. The summed E-state index contributed by atoms with van der Waals surface area (Å²) in [6, 6.07) is 0.365. The third-order valence-corrected chi connectivity index (χ3v) is 9.32. The van der Waals surface area contributed by atoms with E-state index in [1.54, 1.807) is 17.8 Å². The first kappa shape index (κ1) is 21.6. The maximum Gasteiger partial charge on any atom is 0.264 e. The van der Waals surface area contributed by atoms with Crippen LogP contribution in [-0.4, -0.2) is 55.8 Å². The fourth-order valence-electron chi connectivity index (χ4n) is 6.70. The molecule has 172 valence electrons. The van der Waals surface area contributed by atoms with Gasteiger partial charge in [0, 0.05) is 37.5 Å². The van der Waals surface area contributed by atoms with Crippen molar-refractivity contribution in [3.05, 3.63) is 27.1 Å². The number of nitrogens with zero attached hydrogens (tertiary/aromatic N) is 4. The van der Waals surface area contributed by atoms with Crippen molar-refractivity contribution in [2.75, 3.05) is 6.54 Å². The second kappa shape index (κ2) is 7.68. The van der Waals surface area contributed by atoms with Gasteiger partial charge in [-0.1, -0.05) is 26.7 Å². The van der Waals surface area contributed by atoms with Crippen LogP contribution in [0.5, 0.6) is 0 Å². The first-order chi connectivity index (χ1) is 15.3. The second-order valence-corrected chi connectivity index (χ2v) is 11.0. The standard InChI is InChI=1S/C24H32N4O3S/c1-5-10-26-13-25-21-19(22(26)30)14(2)20(32-21)23(31)28-16-11-24(4)17(27(12-16)15(3)29)8-6-7-9-18(24)28/h13,16-18H,5-12H2,1-4H3/t16-,17+,18-,24+/m0/s1. The van der Waals surface area contributed by atoms with Crippen LogP contribution in [0, 0.1) is 12.3 Å².